The molecule has 1 aliphatic rings. The zero-order valence-electron chi connectivity index (χ0n) is 11.8. The van der Waals surface area contributed by atoms with Gasteiger partial charge < -0.3 is 15.4 Å². The van der Waals surface area contributed by atoms with Crippen LogP contribution in [0.4, 0.5) is 0 Å². The maximum absolute atomic E-state index is 12.6. The Morgan fingerprint density at radius 1 is 1.42 bits per heavy atom. The quantitative estimate of drug-likeness (QED) is 0.585. The third kappa shape index (κ3) is 3.23. The molecule has 1 fully saturated rings. The SMILES string of the molecule is CCOC(=O)CN(CC)C(=O)C1(C(N)=S)CC(C)C1. The largest absolute Gasteiger partial charge is 0.465 e. The smallest absolute Gasteiger partial charge is 0.325 e. The predicted molar refractivity (Wildman–Crippen MR) is 76.5 cm³/mol. The summed E-state index contributed by atoms with van der Waals surface area (Å²) in [5, 5.41) is 0. The van der Waals surface area contributed by atoms with Crippen molar-refractivity contribution in [2.24, 2.45) is 17.1 Å². The molecule has 1 rings (SSSR count). The number of carbonyl (C=O) groups excluding carboxylic acids is 2. The van der Waals surface area contributed by atoms with Crippen molar-refractivity contribution in [2.75, 3.05) is 19.7 Å². The van der Waals surface area contributed by atoms with Gasteiger partial charge in [0.1, 0.15) is 6.54 Å². The lowest BCUT2D eigenvalue weighted by molar-refractivity contribution is -0.153. The molecule has 1 saturated carbocycles. The maximum Gasteiger partial charge on any atom is 0.325 e. The molecule has 0 radical (unpaired) electrons. The fourth-order valence-electron chi connectivity index (χ4n) is 2.60. The molecule has 1 aliphatic carbocycles. The van der Waals surface area contributed by atoms with Gasteiger partial charge in [0.15, 0.2) is 0 Å². The van der Waals surface area contributed by atoms with E-state index in [2.05, 4.69) is 6.92 Å². The lowest BCUT2D eigenvalue weighted by atomic mass is 9.61. The van der Waals surface area contributed by atoms with Gasteiger partial charge in [0.05, 0.1) is 17.0 Å². The van der Waals surface area contributed by atoms with Gasteiger partial charge in [0.25, 0.3) is 0 Å². The van der Waals surface area contributed by atoms with E-state index in [1.165, 1.54) is 4.90 Å². The molecule has 0 aromatic carbocycles. The normalized spacial score (nSPS) is 25.3. The summed E-state index contributed by atoms with van der Waals surface area (Å²) in [5.74, 6) is -0.108. The summed E-state index contributed by atoms with van der Waals surface area (Å²) in [6.07, 6.45) is 1.33. The van der Waals surface area contributed by atoms with Crippen LogP contribution in [-0.2, 0) is 14.3 Å². The molecule has 6 heteroatoms. The van der Waals surface area contributed by atoms with Gasteiger partial charge in [0, 0.05) is 6.54 Å². The average molecular weight is 286 g/mol. The second-order valence-electron chi connectivity index (χ2n) is 5.08. The summed E-state index contributed by atoms with van der Waals surface area (Å²) in [4.78, 5) is 25.8. The maximum atomic E-state index is 12.6. The number of rotatable bonds is 6. The molecule has 2 N–H and O–H groups in total. The first-order valence-corrected chi connectivity index (χ1v) is 7.03. The first-order chi connectivity index (χ1) is 8.87. The average Bonchev–Trinajstić information content (AvgIpc) is 2.30. The summed E-state index contributed by atoms with van der Waals surface area (Å²) in [7, 11) is 0. The highest BCUT2D eigenvalue weighted by Gasteiger charge is 2.52. The first kappa shape index (κ1) is 15.9. The van der Waals surface area contributed by atoms with Crippen LogP contribution in [0.1, 0.15) is 33.6 Å². The number of carbonyl (C=O) groups is 2. The summed E-state index contributed by atoms with van der Waals surface area (Å²) in [6.45, 7) is 6.33. The fourth-order valence-corrected chi connectivity index (χ4v) is 2.86. The van der Waals surface area contributed by atoms with Crippen LogP contribution in [0.2, 0.25) is 0 Å². The Morgan fingerprint density at radius 3 is 2.37 bits per heavy atom. The Hall–Kier alpha value is -1.17. The van der Waals surface area contributed by atoms with Gasteiger partial charge in [-0.2, -0.15) is 0 Å². The summed E-state index contributed by atoms with van der Waals surface area (Å²) >= 11 is 5.06. The van der Waals surface area contributed by atoms with E-state index in [4.69, 9.17) is 22.7 Å². The summed E-state index contributed by atoms with van der Waals surface area (Å²) < 4.78 is 4.87. The molecule has 108 valence electrons. The van der Waals surface area contributed by atoms with E-state index >= 15 is 0 Å². The number of nitrogens with two attached hydrogens (primary N) is 1. The number of amides is 1. The van der Waals surface area contributed by atoms with Gasteiger partial charge in [-0.3, -0.25) is 9.59 Å². The molecule has 0 saturated heterocycles. The number of ether oxygens (including phenoxy) is 1. The Labute approximate surface area is 119 Å². The van der Waals surface area contributed by atoms with Gasteiger partial charge in [-0.05, 0) is 32.6 Å². The van der Waals surface area contributed by atoms with Crippen LogP contribution in [0.5, 0.6) is 0 Å². The molecule has 0 bridgehead atoms. The zero-order chi connectivity index (χ0) is 14.6. The van der Waals surface area contributed by atoms with Crippen LogP contribution in [0.3, 0.4) is 0 Å². The van der Waals surface area contributed by atoms with Crippen LogP contribution in [0, 0.1) is 11.3 Å². The van der Waals surface area contributed by atoms with Crippen LogP contribution in [-0.4, -0.2) is 41.5 Å². The lowest BCUT2D eigenvalue weighted by Crippen LogP contribution is -2.57. The molecule has 0 aromatic heterocycles. The van der Waals surface area contributed by atoms with Crippen molar-refractivity contribution >= 4 is 29.1 Å². The predicted octanol–water partition coefficient (Wildman–Crippen LogP) is 1.10. The molecular weight excluding hydrogens is 264 g/mol. The molecule has 0 unspecified atom stereocenters. The van der Waals surface area contributed by atoms with Crippen molar-refractivity contribution in [2.45, 2.75) is 33.6 Å². The standard InChI is InChI=1S/C13H22N2O3S/c1-4-15(8-10(16)18-5-2)12(17)13(11(14)19)6-9(3)7-13/h9H,4-8H2,1-3H3,(H2,14,19). The Bertz CT molecular complexity index is 378. The van der Waals surface area contributed by atoms with Gasteiger partial charge in [0.2, 0.25) is 5.91 Å². The molecule has 19 heavy (non-hydrogen) atoms. The Morgan fingerprint density at radius 2 is 2.00 bits per heavy atom. The van der Waals surface area contributed by atoms with E-state index in [1.54, 1.807) is 6.92 Å². The Balaban J connectivity index is 2.77. The number of hydrogen-bond acceptors (Lipinski definition) is 4. The first-order valence-electron chi connectivity index (χ1n) is 6.62. The molecule has 1 amide bonds. The van der Waals surface area contributed by atoms with Gasteiger partial charge >= 0.3 is 5.97 Å². The lowest BCUT2D eigenvalue weighted by Gasteiger charge is -2.46. The van der Waals surface area contributed by atoms with Crippen molar-refractivity contribution in [1.82, 2.24) is 4.90 Å². The van der Waals surface area contributed by atoms with Crippen LogP contribution >= 0.6 is 12.2 Å². The Kier molecular flexibility index (Phi) is 5.29. The van der Waals surface area contributed by atoms with E-state index < -0.39 is 11.4 Å². The number of thiocarbonyl (C=S) groups is 1. The second kappa shape index (κ2) is 6.32. The van der Waals surface area contributed by atoms with E-state index in [1.807, 2.05) is 6.92 Å². The van der Waals surface area contributed by atoms with Crippen molar-refractivity contribution in [1.29, 1.82) is 0 Å². The number of nitrogens with zero attached hydrogens (tertiary/aromatic N) is 1. The van der Waals surface area contributed by atoms with Gasteiger partial charge in [-0.15, -0.1) is 0 Å². The van der Waals surface area contributed by atoms with Crippen molar-refractivity contribution in [3.8, 4) is 0 Å². The zero-order valence-corrected chi connectivity index (χ0v) is 12.6. The highest BCUT2D eigenvalue weighted by molar-refractivity contribution is 7.80. The minimum Gasteiger partial charge on any atom is -0.465 e. The van der Waals surface area contributed by atoms with Crippen molar-refractivity contribution < 1.29 is 14.3 Å². The van der Waals surface area contributed by atoms with E-state index in [0.29, 0.717) is 31.9 Å². The number of likely N-dealkylation sites (N-methyl/N-ethyl adjacent to an activating group) is 1. The van der Waals surface area contributed by atoms with Gasteiger partial charge in [-0.25, -0.2) is 0 Å². The molecule has 0 aromatic rings. The van der Waals surface area contributed by atoms with E-state index in [-0.39, 0.29) is 17.4 Å². The molecule has 0 atom stereocenters. The second-order valence-corrected chi connectivity index (χ2v) is 5.52. The van der Waals surface area contributed by atoms with Gasteiger partial charge in [-0.1, -0.05) is 19.1 Å². The number of hydrogen-bond donors (Lipinski definition) is 1. The molecule has 0 aliphatic heterocycles. The van der Waals surface area contributed by atoms with Crippen LogP contribution in [0.15, 0.2) is 0 Å². The number of esters is 1. The van der Waals surface area contributed by atoms with Crippen LogP contribution < -0.4 is 5.73 Å². The minimum absolute atomic E-state index is 0.0398. The van der Waals surface area contributed by atoms with Crippen LogP contribution in [0.25, 0.3) is 0 Å². The molecule has 0 heterocycles. The van der Waals surface area contributed by atoms with E-state index in [9.17, 15) is 9.59 Å². The van der Waals surface area contributed by atoms with Crippen molar-refractivity contribution in [3.05, 3.63) is 0 Å². The third-order valence-corrected chi connectivity index (χ3v) is 3.96. The highest BCUT2D eigenvalue weighted by atomic mass is 32.1. The molecular formula is C13H22N2O3S. The monoisotopic (exact) mass is 286 g/mol. The fraction of sp³-hybridized carbons (Fsp3) is 0.769. The van der Waals surface area contributed by atoms with Crippen molar-refractivity contribution in [3.63, 3.8) is 0 Å². The highest BCUT2D eigenvalue weighted by Crippen LogP contribution is 2.47. The summed E-state index contributed by atoms with van der Waals surface area (Å²) in [6, 6.07) is 0. The third-order valence-electron chi connectivity index (χ3n) is 3.57. The summed E-state index contributed by atoms with van der Waals surface area (Å²) in [5.41, 5.74) is 4.99. The minimum atomic E-state index is -0.753. The van der Waals surface area contributed by atoms with E-state index in [0.717, 1.165) is 0 Å². The molecule has 5 nitrogen and oxygen atoms in total. The topological polar surface area (TPSA) is 72.6 Å². The molecule has 0 spiro atoms.